The van der Waals surface area contributed by atoms with Gasteiger partial charge in [-0.05, 0) is 19.1 Å². The van der Waals surface area contributed by atoms with Crippen LogP contribution in [0.15, 0.2) is 41.5 Å². The maximum Gasteiger partial charge on any atom is 0.253 e. The highest BCUT2D eigenvalue weighted by Crippen LogP contribution is 2.11. The third-order valence-electron chi connectivity index (χ3n) is 2.48. The second-order valence-electron chi connectivity index (χ2n) is 4.02. The first kappa shape index (κ1) is 12.9. The van der Waals surface area contributed by atoms with Gasteiger partial charge in [-0.2, -0.15) is 0 Å². The van der Waals surface area contributed by atoms with Crippen molar-refractivity contribution < 1.29 is 9.18 Å². The van der Waals surface area contributed by atoms with E-state index in [1.807, 2.05) is 0 Å². The fourth-order valence-corrected chi connectivity index (χ4v) is 1.54. The SMILES string of the molecule is Cc1cc(=O)n(CC(=O)Nc2ccccc2F)cn1. The molecule has 2 rings (SSSR count). The van der Waals surface area contributed by atoms with Crippen LogP contribution in [-0.4, -0.2) is 15.5 Å². The van der Waals surface area contributed by atoms with Crippen LogP contribution in [0, 0.1) is 12.7 Å². The third kappa shape index (κ3) is 3.25. The van der Waals surface area contributed by atoms with E-state index in [-0.39, 0.29) is 17.8 Å². The van der Waals surface area contributed by atoms with E-state index in [1.54, 1.807) is 13.0 Å². The van der Waals surface area contributed by atoms with E-state index in [4.69, 9.17) is 0 Å². The molecule has 1 heterocycles. The van der Waals surface area contributed by atoms with Gasteiger partial charge >= 0.3 is 0 Å². The van der Waals surface area contributed by atoms with Crippen molar-refractivity contribution in [2.75, 3.05) is 5.32 Å². The van der Waals surface area contributed by atoms with Crippen molar-refractivity contribution >= 4 is 11.6 Å². The molecule has 1 N–H and O–H groups in total. The van der Waals surface area contributed by atoms with Gasteiger partial charge in [-0.15, -0.1) is 0 Å². The highest BCUT2D eigenvalue weighted by atomic mass is 19.1. The molecule has 1 aromatic carbocycles. The molecule has 19 heavy (non-hydrogen) atoms. The molecule has 0 aliphatic rings. The first-order chi connectivity index (χ1) is 9.06. The lowest BCUT2D eigenvalue weighted by atomic mass is 10.3. The largest absolute Gasteiger partial charge is 0.322 e. The Morgan fingerprint density at radius 2 is 2.16 bits per heavy atom. The zero-order chi connectivity index (χ0) is 13.8. The summed E-state index contributed by atoms with van der Waals surface area (Å²) in [5.41, 5.74) is 0.340. The van der Waals surface area contributed by atoms with E-state index in [0.717, 1.165) is 4.57 Å². The Labute approximate surface area is 108 Å². The molecule has 0 radical (unpaired) electrons. The number of amides is 1. The van der Waals surface area contributed by atoms with Crippen LogP contribution < -0.4 is 10.9 Å². The van der Waals surface area contributed by atoms with Gasteiger partial charge in [0.2, 0.25) is 5.91 Å². The van der Waals surface area contributed by atoms with E-state index in [1.165, 1.54) is 30.6 Å². The van der Waals surface area contributed by atoms with E-state index in [2.05, 4.69) is 10.3 Å². The van der Waals surface area contributed by atoms with Crippen molar-refractivity contribution in [1.82, 2.24) is 9.55 Å². The van der Waals surface area contributed by atoms with E-state index in [9.17, 15) is 14.0 Å². The monoisotopic (exact) mass is 261 g/mol. The summed E-state index contributed by atoms with van der Waals surface area (Å²) >= 11 is 0. The molecule has 5 nitrogen and oxygen atoms in total. The van der Waals surface area contributed by atoms with Crippen LogP contribution in [0.3, 0.4) is 0 Å². The Morgan fingerprint density at radius 1 is 1.42 bits per heavy atom. The topological polar surface area (TPSA) is 64.0 Å². The number of rotatable bonds is 3. The minimum absolute atomic E-state index is 0.0839. The molecule has 0 aliphatic heterocycles. The van der Waals surface area contributed by atoms with Crippen LogP contribution in [-0.2, 0) is 11.3 Å². The predicted molar refractivity (Wildman–Crippen MR) is 68.3 cm³/mol. The molecular weight excluding hydrogens is 249 g/mol. The summed E-state index contributed by atoms with van der Waals surface area (Å²) < 4.78 is 14.5. The quantitative estimate of drug-likeness (QED) is 0.906. The molecule has 0 atom stereocenters. The third-order valence-corrected chi connectivity index (χ3v) is 2.48. The highest BCUT2D eigenvalue weighted by Gasteiger charge is 2.08. The second kappa shape index (κ2) is 5.43. The minimum atomic E-state index is -0.523. The van der Waals surface area contributed by atoms with Crippen LogP contribution >= 0.6 is 0 Å². The highest BCUT2D eigenvalue weighted by molar-refractivity contribution is 5.90. The minimum Gasteiger partial charge on any atom is -0.322 e. The van der Waals surface area contributed by atoms with Gasteiger partial charge in [0.05, 0.1) is 12.0 Å². The first-order valence-corrected chi connectivity index (χ1v) is 5.64. The fraction of sp³-hybridized carbons (Fsp3) is 0.154. The average Bonchev–Trinajstić information content (AvgIpc) is 2.36. The lowest BCUT2D eigenvalue weighted by Gasteiger charge is -2.07. The van der Waals surface area contributed by atoms with Gasteiger partial charge in [0.1, 0.15) is 12.4 Å². The molecule has 2 aromatic rings. The number of benzene rings is 1. The maximum atomic E-state index is 13.3. The van der Waals surface area contributed by atoms with Crippen LogP contribution in [0.25, 0.3) is 0 Å². The van der Waals surface area contributed by atoms with Crippen LogP contribution in [0.4, 0.5) is 10.1 Å². The molecule has 1 aromatic heterocycles. The molecule has 98 valence electrons. The fourth-order valence-electron chi connectivity index (χ4n) is 1.54. The summed E-state index contributed by atoms with van der Waals surface area (Å²) in [4.78, 5) is 27.2. The maximum absolute atomic E-state index is 13.3. The predicted octanol–water partition coefficient (Wildman–Crippen LogP) is 1.33. The van der Waals surface area contributed by atoms with Crippen molar-refractivity contribution in [2.45, 2.75) is 13.5 Å². The molecule has 1 amide bonds. The summed E-state index contributed by atoms with van der Waals surface area (Å²) in [7, 11) is 0. The smallest absolute Gasteiger partial charge is 0.253 e. The number of para-hydroxylation sites is 1. The van der Waals surface area contributed by atoms with Gasteiger partial charge in [0, 0.05) is 11.8 Å². The van der Waals surface area contributed by atoms with Gasteiger partial charge in [-0.1, -0.05) is 12.1 Å². The molecule has 0 aliphatic carbocycles. The summed E-state index contributed by atoms with van der Waals surface area (Å²) in [6.07, 6.45) is 1.29. The van der Waals surface area contributed by atoms with Crippen molar-refractivity contribution in [3.63, 3.8) is 0 Å². The summed E-state index contributed by atoms with van der Waals surface area (Å²) in [6.45, 7) is 1.48. The van der Waals surface area contributed by atoms with Crippen LogP contribution in [0.1, 0.15) is 5.69 Å². The number of aromatic nitrogens is 2. The van der Waals surface area contributed by atoms with Gasteiger partial charge < -0.3 is 5.32 Å². The number of nitrogens with zero attached hydrogens (tertiary/aromatic N) is 2. The number of carbonyl (C=O) groups excluding carboxylic acids is 1. The van der Waals surface area contributed by atoms with Gasteiger partial charge in [0.25, 0.3) is 5.56 Å². The van der Waals surface area contributed by atoms with Gasteiger partial charge in [0.15, 0.2) is 0 Å². The lowest BCUT2D eigenvalue weighted by molar-refractivity contribution is -0.116. The Morgan fingerprint density at radius 3 is 2.84 bits per heavy atom. The van der Waals surface area contributed by atoms with Crippen molar-refractivity contribution in [1.29, 1.82) is 0 Å². The Balaban J connectivity index is 2.10. The van der Waals surface area contributed by atoms with E-state index < -0.39 is 11.7 Å². The number of hydrogen-bond acceptors (Lipinski definition) is 3. The molecule has 0 unspecified atom stereocenters. The molecule has 0 spiro atoms. The van der Waals surface area contributed by atoms with Gasteiger partial charge in [-0.3, -0.25) is 14.2 Å². The zero-order valence-corrected chi connectivity index (χ0v) is 10.3. The average molecular weight is 261 g/mol. The van der Waals surface area contributed by atoms with Crippen molar-refractivity contribution in [3.05, 3.63) is 58.5 Å². The van der Waals surface area contributed by atoms with E-state index in [0.29, 0.717) is 5.69 Å². The van der Waals surface area contributed by atoms with Crippen LogP contribution in [0.2, 0.25) is 0 Å². The Kier molecular flexibility index (Phi) is 3.70. The van der Waals surface area contributed by atoms with E-state index >= 15 is 0 Å². The second-order valence-corrected chi connectivity index (χ2v) is 4.02. The molecule has 0 saturated carbocycles. The van der Waals surface area contributed by atoms with Crippen molar-refractivity contribution in [3.8, 4) is 0 Å². The number of carbonyl (C=O) groups is 1. The number of hydrogen-bond donors (Lipinski definition) is 1. The molecule has 0 bridgehead atoms. The zero-order valence-electron chi connectivity index (χ0n) is 10.3. The lowest BCUT2D eigenvalue weighted by Crippen LogP contribution is -2.27. The Bertz CT molecular complexity index is 667. The standard InChI is InChI=1S/C13H12FN3O2/c1-9-6-13(19)17(8-15-9)7-12(18)16-11-5-3-2-4-10(11)14/h2-6,8H,7H2,1H3,(H,16,18). The normalized spacial score (nSPS) is 10.2. The number of anilines is 1. The molecule has 0 fully saturated rings. The molecule has 6 heteroatoms. The van der Waals surface area contributed by atoms with Crippen LogP contribution in [0.5, 0.6) is 0 Å². The molecular formula is C13H12FN3O2. The number of nitrogens with one attached hydrogen (secondary N) is 1. The van der Waals surface area contributed by atoms with Gasteiger partial charge in [-0.25, -0.2) is 9.37 Å². The summed E-state index contributed by atoms with van der Waals surface area (Å²) in [5.74, 6) is -1.01. The number of aryl methyl sites for hydroxylation is 1. The molecule has 0 saturated heterocycles. The van der Waals surface area contributed by atoms with Crippen molar-refractivity contribution in [2.24, 2.45) is 0 Å². The first-order valence-electron chi connectivity index (χ1n) is 5.64. The summed E-state index contributed by atoms with van der Waals surface area (Å²) in [6, 6.07) is 7.16. The Hall–Kier alpha value is -2.50. The summed E-state index contributed by atoms with van der Waals surface area (Å²) in [5, 5.41) is 2.40. The number of halogens is 1.